The van der Waals surface area contributed by atoms with E-state index in [4.69, 9.17) is 4.74 Å². The van der Waals surface area contributed by atoms with Crippen LogP contribution in [0.1, 0.15) is 35.3 Å². The summed E-state index contributed by atoms with van der Waals surface area (Å²) in [7, 11) is 0. The zero-order valence-electron chi connectivity index (χ0n) is 13.8. The molecule has 1 N–H and O–H groups in total. The summed E-state index contributed by atoms with van der Waals surface area (Å²) >= 11 is 0. The molecule has 0 saturated carbocycles. The Morgan fingerprint density at radius 2 is 1.70 bits per heavy atom. The molecule has 0 aliphatic rings. The molecule has 0 bridgehead atoms. The van der Waals surface area contributed by atoms with Gasteiger partial charge >= 0.3 is 0 Å². The van der Waals surface area contributed by atoms with Crippen molar-refractivity contribution in [3.05, 3.63) is 59.2 Å². The molecule has 0 radical (unpaired) electrons. The van der Waals surface area contributed by atoms with Crippen LogP contribution in [0.15, 0.2) is 42.5 Å². The van der Waals surface area contributed by atoms with Crippen LogP contribution >= 0.6 is 0 Å². The van der Waals surface area contributed by atoms with Crippen molar-refractivity contribution in [2.75, 3.05) is 5.32 Å². The molecule has 0 spiro atoms. The van der Waals surface area contributed by atoms with Crippen LogP contribution in [0.3, 0.4) is 0 Å². The lowest BCUT2D eigenvalue weighted by atomic mass is 10.1. The van der Waals surface area contributed by atoms with Crippen LogP contribution in [0.25, 0.3) is 0 Å². The SMILES string of the molecule is CC(=O)c1cccc(OC(C)C(=O)Nc2cc(C)cc(C)c2)c1. The number of aryl methyl sites for hydroxylation is 2. The molecule has 0 aromatic heterocycles. The molecule has 1 amide bonds. The van der Waals surface area contributed by atoms with E-state index in [1.165, 1.54) is 6.92 Å². The fourth-order valence-corrected chi connectivity index (χ4v) is 2.34. The predicted octanol–water partition coefficient (Wildman–Crippen LogP) is 3.91. The highest BCUT2D eigenvalue weighted by atomic mass is 16.5. The minimum Gasteiger partial charge on any atom is -0.481 e. The van der Waals surface area contributed by atoms with Gasteiger partial charge in [0.2, 0.25) is 0 Å². The first kappa shape index (κ1) is 16.7. The summed E-state index contributed by atoms with van der Waals surface area (Å²) in [5.74, 6) is 0.229. The van der Waals surface area contributed by atoms with Crippen LogP contribution in [-0.2, 0) is 4.79 Å². The third-order valence-corrected chi connectivity index (χ3v) is 3.41. The van der Waals surface area contributed by atoms with Gasteiger partial charge in [0.1, 0.15) is 5.75 Å². The second-order valence-corrected chi connectivity index (χ2v) is 5.71. The summed E-state index contributed by atoms with van der Waals surface area (Å²) in [6.07, 6.45) is -0.668. The Labute approximate surface area is 136 Å². The number of nitrogens with one attached hydrogen (secondary N) is 1. The summed E-state index contributed by atoms with van der Waals surface area (Å²) in [6, 6.07) is 12.7. The molecule has 2 rings (SSSR count). The molecular formula is C19H21NO3. The Morgan fingerprint density at radius 3 is 2.30 bits per heavy atom. The van der Waals surface area contributed by atoms with Gasteiger partial charge in [0.25, 0.3) is 5.91 Å². The van der Waals surface area contributed by atoms with E-state index < -0.39 is 6.10 Å². The summed E-state index contributed by atoms with van der Waals surface area (Å²) < 4.78 is 5.64. The number of carbonyl (C=O) groups excluding carboxylic acids is 2. The van der Waals surface area contributed by atoms with Crippen molar-refractivity contribution in [2.45, 2.75) is 33.8 Å². The van der Waals surface area contributed by atoms with Crippen molar-refractivity contribution in [3.63, 3.8) is 0 Å². The largest absolute Gasteiger partial charge is 0.481 e. The van der Waals surface area contributed by atoms with Crippen molar-refractivity contribution in [1.29, 1.82) is 0 Å². The minimum absolute atomic E-state index is 0.0391. The second-order valence-electron chi connectivity index (χ2n) is 5.71. The summed E-state index contributed by atoms with van der Waals surface area (Å²) in [4.78, 5) is 23.6. The normalized spacial score (nSPS) is 11.7. The van der Waals surface area contributed by atoms with Crippen molar-refractivity contribution in [2.24, 2.45) is 0 Å². The highest BCUT2D eigenvalue weighted by Crippen LogP contribution is 2.17. The number of amides is 1. The van der Waals surface area contributed by atoms with E-state index in [1.807, 2.05) is 32.0 Å². The predicted molar refractivity (Wildman–Crippen MR) is 91.1 cm³/mol. The number of rotatable bonds is 5. The van der Waals surface area contributed by atoms with Gasteiger partial charge in [-0.2, -0.15) is 0 Å². The van der Waals surface area contributed by atoms with Gasteiger partial charge in [0.05, 0.1) is 0 Å². The number of hydrogen-bond donors (Lipinski definition) is 1. The topological polar surface area (TPSA) is 55.4 Å². The number of carbonyl (C=O) groups is 2. The van der Waals surface area contributed by atoms with Gasteiger partial charge in [-0.15, -0.1) is 0 Å². The smallest absolute Gasteiger partial charge is 0.265 e. The summed E-state index contributed by atoms with van der Waals surface area (Å²) in [6.45, 7) is 7.14. The van der Waals surface area contributed by atoms with E-state index in [2.05, 4.69) is 5.32 Å². The quantitative estimate of drug-likeness (QED) is 0.852. The Hall–Kier alpha value is -2.62. The molecule has 2 aromatic rings. The number of anilines is 1. The lowest BCUT2D eigenvalue weighted by Crippen LogP contribution is -2.30. The fourth-order valence-electron chi connectivity index (χ4n) is 2.34. The zero-order chi connectivity index (χ0) is 17.0. The van der Waals surface area contributed by atoms with Crippen LogP contribution in [0.2, 0.25) is 0 Å². The maximum Gasteiger partial charge on any atom is 0.265 e. The fraction of sp³-hybridized carbons (Fsp3) is 0.263. The first-order valence-electron chi connectivity index (χ1n) is 7.52. The van der Waals surface area contributed by atoms with Gasteiger partial charge < -0.3 is 10.1 Å². The van der Waals surface area contributed by atoms with E-state index in [-0.39, 0.29) is 11.7 Å². The monoisotopic (exact) mass is 311 g/mol. The van der Waals surface area contributed by atoms with Gasteiger partial charge in [0.15, 0.2) is 11.9 Å². The van der Waals surface area contributed by atoms with Crippen LogP contribution < -0.4 is 10.1 Å². The van der Waals surface area contributed by atoms with Gasteiger partial charge in [-0.3, -0.25) is 9.59 Å². The molecule has 0 fully saturated rings. The van der Waals surface area contributed by atoms with Crippen LogP contribution in [0, 0.1) is 13.8 Å². The number of hydrogen-bond acceptors (Lipinski definition) is 3. The van der Waals surface area contributed by atoms with Crippen molar-refractivity contribution >= 4 is 17.4 Å². The van der Waals surface area contributed by atoms with Crippen LogP contribution in [0.5, 0.6) is 5.75 Å². The molecule has 0 aliphatic carbocycles. The molecule has 0 saturated heterocycles. The van der Waals surface area contributed by atoms with Crippen molar-refractivity contribution in [3.8, 4) is 5.75 Å². The van der Waals surface area contributed by atoms with Gasteiger partial charge in [-0.25, -0.2) is 0 Å². The lowest BCUT2D eigenvalue weighted by Gasteiger charge is -2.15. The molecule has 2 aromatic carbocycles. The summed E-state index contributed by atoms with van der Waals surface area (Å²) in [5.41, 5.74) is 3.48. The molecule has 1 unspecified atom stereocenters. The Kier molecular flexibility index (Phi) is 5.16. The Balaban J connectivity index is 2.05. The van der Waals surface area contributed by atoms with Gasteiger partial charge in [-0.1, -0.05) is 18.2 Å². The highest BCUT2D eigenvalue weighted by molar-refractivity contribution is 5.95. The molecule has 1 atom stereocenters. The van der Waals surface area contributed by atoms with E-state index in [1.54, 1.807) is 31.2 Å². The first-order chi connectivity index (χ1) is 10.8. The van der Waals surface area contributed by atoms with Crippen molar-refractivity contribution < 1.29 is 14.3 Å². The van der Waals surface area contributed by atoms with Gasteiger partial charge in [0, 0.05) is 11.3 Å². The average molecular weight is 311 g/mol. The third-order valence-electron chi connectivity index (χ3n) is 3.41. The molecule has 23 heavy (non-hydrogen) atoms. The molecule has 4 heteroatoms. The second kappa shape index (κ2) is 7.09. The van der Waals surface area contributed by atoms with E-state index >= 15 is 0 Å². The zero-order valence-corrected chi connectivity index (χ0v) is 13.8. The maximum atomic E-state index is 12.3. The minimum atomic E-state index is -0.668. The number of ether oxygens (including phenoxy) is 1. The molecular weight excluding hydrogens is 290 g/mol. The number of benzene rings is 2. The van der Waals surface area contributed by atoms with E-state index in [0.717, 1.165) is 16.8 Å². The summed E-state index contributed by atoms with van der Waals surface area (Å²) in [5, 5.41) is 2.85. The molecule has 120 valence electrons. The Morgan fingerprint density at radius 1 is 1.04 bits per heavy atom. The first-order valence-corrected chi connectivity index (χ1v) is 7.52. The number of Topliss-reactive ketones (excluding diaryl/α,β-unsaturated/α-hetero) is 1. The van der Waals surface area contributed by atoms with E-state index in [0.29, 0.717) is 11.3 Å². The Bertz CT molecular complexity index is 717. The molecule has 0 heterocycles. The molecule has 0 aliphatic heterocycles. The average Bonchev–Trinajstić information content (AvgIpc) is 2.46. The van der Waals surface area contributed by atoms with E-state index in [9.17, 15) is 9.59 Å². The number of ketones is 1. The van der Waals surface area contributed by atoms with Gasteiger partial charge in [-0.05, 0) is 63.1 Å². The van der Waals surface area contributed by atoms with Crippen LogP contribution in [-0.4, -0.2) is 17.8 Å². The highest BCUT2D eigenvalue weighted by Gasteiger charge is 2.15. The standard InChI is InChI=1S/C19H21NO3/c1-12-8-13(2)10-17(9-12)20-19(22)15(4)23-18-7-5-6-16(11-18)14(3)21/h5-11,15H,1-4H3,(H,20,22). The lowest BCUT2D eigenvalue weighted by molar-refractivity contribution is -0.122. The third kappa shape index (κ3) is 4.68. The van der Waals surface area contributed by atoms with Crippen LogP contribution in [0.4, 0.5) is 5.69 Å². The maximum absolute atomic E-state index is 12.3. The van der Waals surface area contributed by atoms with Crippen molar-refractivity contribution in [1.82, 2.24) is 0 Å². The molecule has 4 nitrogen and oxygen atoms in total.